The highest BCUT2D eigenvalue weighted by molar-refractivity contribution is 5.83. The maximum atomic E-state index is 4.86. The average Bonchev–Trinajstić information content (AvgIpc) is 3.23. The molecule has 4 aromatic rings. The van der Waals surface area contributed by atoms with Gasteiger partial charge in [-0.05, 0) is 31.0 Å². The largest absolute Gasteiger partial charge is 0.324 e. The van der Waals surface area contributed by atoms with Crippen molar-refractivity contribution >= 4 is 22.5 Å². The highest BCUT2D eigenvalue weighted by Crippen LogP contribution is 2.33. The van der Waals surface area contributed by atoms with Crippen LogP contribution in [0.3, 0.4) is 0 Å². The van der Waals surface area contributed by atoms with Gasteiger partial charge in [0.05, 0.1) is 23.8 Å². The Kier molecular flexibility index (Phi) is 3.25. The topological polar surface area (TPSA) is 59.7 Å². The molecule has 6 heteroatoms. The number of hydrogen-bond donors (Lipinski definition) is 0. The van der Waals surface area contributed by atoms with E-state index in [2.05, 4.69) is 50.3 Å². The second-order valence-electron chi connectivity index (χ2n) is 6.60. The van der Waals surface area contributed by atoms with Gasteiger partial charge in [-0.15, -0.1) is 0 Å². The Bertz CT molecular complexity index is 1130. The number of nitrogens with zero attached hydrogens (tertiary/aromatic N) is 6. The molecule has 0 radical (unpaired) electrons. The number of aryl methyl sites for hydroxylation is 2. The highest BCUT2D eigenvalue weighted by atomic mass is 15.3. The predicted octanol–water partition coefficient (Wildman–Crippen LogP) is 3.43. The van der Waals surface area contributed by atoms with E-state index in [0.29, 0.717) is 0 Å². The highest BCUT2D eigenvalue weighted by Gasteiger charge is 2.21. The van der Waals surface area contributed by atoms with E-state index < -0.39 is 0 Å². The molecule has 0 saturated heterocycles. The van der Waals surface area contributed by atoms with Crippen LogP contribution in [0, 0.1) is 6.92 Å². The van der Waals surface area contributed by atoms with E-state index in [1.807, 2.05) is 26.4 Å². The fourth-order valence-electron chi connectivity index (χ4n) is 3.65. The molecule has 4 heterocycles. The Morgan fingerprint density at radius 3 is 2.88 bits per heavy atom. The first-order valence-electron chi connectivity index (χ1n) is 8.68. The summed E-state index contributed by atoms with van der Waals surface area (Å²) >= 11 is 0. The Balaban J connectivity index is 1.58. The van der Waals surface area contributed by atoms with Gasteiger partial charge in [-0.2, -0.15) is 5.10 Å². The van der Waals surface area contributed by atoms with Crippen LogP contribution in [0.15, 0.2) is 48.9 Å². The number of anilines is 2. The van der Waals surface area contributed by atoms with Crippen LogP contribution in [0.4, 0.5) is 11.5 Å². The Hall–Kier alpha value is -3.28. The Morgan fingerprint density at radius 1 is 1.08 bits per heavy atom. The molecule has 26 heavy (non-hydrogen) atoms. The minimum Gasteiger partial charge on any atom is -0.324 e. The summed E-state index contributed by atoms with van der Waals surface area (Å²) in [6.07, 6.45) is 6.49. The van der Waals surface area contributed by atoms with Crippen LogP contribution in [0.2, 0.25) is 0 Å². The maximum Gasteiger partial charge on any atom is 0.157 e. The lowest BCUT2D eigenvalue weighted by molar-refractivity contribution is 0.774. The number of pyridine rings is 1. The summed E-state index contributed by atoms with van der Waals surface area (Å²) in [7, 11) is 1.91. The SMILES string of the molecule is Cc1nn(C)c2ncc(-c3cncc(N4CCc5ccccc54)n3)cc12. The molecule has 128 valence electrons. The lowest BCUT2D eigenvalue weighted by Gasteiger charge is -2.18. The first-order valence-corrected chi connectivity index (χ1v) is 8.68. The Morgan fingerprint density at radius 2 is 1.96 bits per heavy atom. The van der Waals surface area contributed by atoms with Gasteiger partial charge >= 0.3 is 0 Å². The molecule has 1 aliphatic rings. The standard InChI is InChI=1S/C20H18N6/c1-13-16-9-15(10-22-20(16)25(2)24-13)17-11-21-12-19(23-17)26-8-7-14-5-3-4-6-18(14)26/h3-6,9-12H,7-8H2,1-2H3. The molecular weight excluding hydrogens is 324 g/mol. The van der Waals surface area contributed by atoms with E-state index in [-0.39, 0.29) is 0 Å². The summed E-state index contributed by atoms with van der Waals surface area (Å²) < 4.78 is 1.80. The molecule has 0 aliphatic carbocycles. The van der Waals surface area contributed by atoms with E-state index in [0.717, 1.165) is 46.8 Å². The van der Waals surface area contributed by atoms with E-state index in [1.165, 1.54) is 11.3 Å². The third-order valence-electron chi connectivity index (χ3n) is 4.94. The molecule has 0 amide bonds. The molecule has 0 fully saturated rings. The molecular formula is C20H18N6. The zero-order chi connectivity index (χ0) is 17.7. The third kappa shape index (κ3) is 2.26. The fourth-order valence-corrected chi connectivity index (χ4v) is 3.65. The van der Waals surface area contributed by atoms with Gasteiger partial charge < -0.3 is 4.90 Å². The summed E-state index contributed by atoms with van der Waals surface area (Å²) in [6, 6.07) is 10.6. The monoisotopic (exact) mass is 342 g/mol. The lowest BCUT2D eigenvalue weighted by atomic mass is 10.1. The zero-order valence-electron chi connectivity index (χ0n) is 14.7. The summed E-state index contributed by atoms with van der Waals surface area (Å²) in [6.45, 7) is 2.92. The van der Waals surface area contributed by atoms with E-state index in [9.17, 15) is 0 Å². The van der Waals surface area contributed by atoms with Gasteiger partial charge in [0, 0.05) is 36.4 Å². The van der Waals surface area contributed by atoms with E-state index >= 15 is 0 Å². The van der Waals surface area contributed by atoms with Gasteiger partial charge in [-0.3, -0.25) is 9.67 Å². The van der Waals surface area contributed by atoms with Gasteiger partial charge in [0.25, 0.3) is 0 Å². The molecule has 1 aromatic carbocycles. The van der Waals surface area contributed by atoms with Crippen molar-refractivity contribution in [3.8, 4) is 11.3 Å². The molecule has 0 bridgehead atoms. The van der Waals surface area contributed by atoms with Crippen LogP contribution in [0.25, 0.3) is 22.3 Å². The van der Waals surface area contributed by atoms with Crippen LogP contribution in [0.1, 0.15) is 11.3 Å². The molecule has 0 atom stereocenters. The normalized spacial score (nSPS) is 13.4. The summed E-state index contributed by atoms with van der Waals surface area (Å²) in [4.78, 5) is 16.1. The maximum absolute atomic E-state index is 4.86. The van der Waals surface area contributed by atoms with Crippen molar-refractivity contribution in [3.63, 3.8) is 0 Å². The molecule has 0 saturated carbocycles. The summed E-state index contributed by atoms with van der Waals surface area (Å²) in [5, 5.41) is 5.49. The van der Waals surface area contributed by atoms with Gasteiger partial charge in [0.1, 0.15) is 0 Å². The summed E-state index contributed by atoms with van der Waals surface area (Å²) in [5.41, 5.74) is 6.20. The van der Waals surface area contributed by atoms with Crippen molar-refractivity contribution in [3.05, 3.63) is 60.2 Å². The van der Waals surface area contributed by atoms with Crippen LogP contribution in [-0.4, -0.2) is 31.3 Å². The van der Waals surface area contributed by atoms with Crippen LogP contribution in [-0.2, 0) is 13.5 Å². The second kappa shape index (κ2) is 5.62. The van der Waals surface area contributed by atoms with Gasteiger partial charge in [0.2, 0.25) is 0 Å². The smallest absolute Gasteiger partial charge is 0.157 e. The zero-order valence-corrected chi connectivity index (χ0v) is 14.7. The number of aromatic nitrogens is 5. The minimum absolute atomic E-state index is 0.824. The van der Waals surface area contributed by atoms with Crippen molar-refractivity contribution in [1.82, 2.24) is 24.7 Å². The minimum atomic E-state index is 0.824. The fraction of sp³-hybridized carbons (Fsp3) is 0.200. The van der Waals surface area contributed by atoms with Crippen LogP contribution < -0.4 is 4.90 Å². The van der Waals surface area contributed by atoms with Crippen LogP contribution in [0.5, 0.6) is 0 Å². The van der Waals surface area contributed by atoms with Crippen molar-refractivity contribution in [2.45, 2.75) is 13.3 Å². The molecule has 0 unspecified atom stereocenters. The molecule has 6 nitrogen and oxygen atoms in total. The number of fused-ring (bicyclic) bond motifs is 2. The second-order valence-corrected chi connectivity index (χ2v) is 6.60. The van der Waals surface area contributed by atoms with Crippen molar-refractivity contribution < 1.29 is 0 Å². The average molecular weight is 342 g/mol. The number of hydrogen-bond acceptors (Lipinski definition) is 5. The van der Waals surface area contributed by atoms with E-state index in [1.54, 1.807) is 10.9 Å². The van der Waals surface area contributed by atoms with Crippen molar-refractivity contribution in [1.29, 1.82) is 0 Å². The molecule has 0 spiro atoms. The predicted molar refractivity (Wildman–Crippen MR) is 101 cm³/mol. The van der Waals surface area contributed by atoms with Crippen molar-refractivity contribution in [2.24, 2.45) is 7.05 Å². The van der Waals surface area contributed by atoms with Crippen LogP contribution >= 0.6 is 0 Å². The quantitative estimate of drug-likeness (QED) is 0.558. The number of para-hydroxylation sites is 1. The lowest BCUT2D eigenvalue weighted by Crippen LogP contribution is -2.15. The van der Waals surface area contributed by atoms with Gasteiger partial charge in [-0.1, -0.05) is 18.2 Å². The first-order chi connectivity index (χ1) is 12.7. The van der Waals surface area contributed by atoms with Gasteiger partial charge in [-0.25, -0.2) is 9.97 Å². The Labute approximate surface area is 151 Å². The molecule has 3 aromatic heterocycles. The molecule has 0 N–H and O–H groups in total. The van der Waals surface area contributed by atoms with E-state index in [4.69, 9.17) is 4.98 Å². The molecule has 1 aliphatic heterocycles. The van der Waals surface area contributed by atoms with Gasteiger partial charge in [0.15, 0.2) is 11.5 Å². The van der Waals surface area contributed by atoms with Crippen molar-refractivity contribution in [2.75, 3.05) is 11.4 Å². The number of rotatable bonds is 2. The summed E-state index contributed by atoms with van der Waals surface area (Å²) in [5.74, 6) is 0.871. The number of benzene rings is 1. The third-order valence-corrected chi connectivity index (χ3v) is 4.94. The first kappa shape index (κ1) is 15.0. The molecule has 5 rings (SSSR count).